The lowest BCUT2D eigenvalue weighted by Gasteiger charge is -2.10. The molecule has 2 aromatic heterocycles. The molecule has 11 nitrogen and oxygen atoms in total. The number of ether oxygens (including phenoxy) is 1. The van der Waals surface area contributed by atoms with Crippen LogP contribution in [0, 0.1) is 6.92 Å². The Morgan fingerprint density at radius 1 is 1.05 bits per heavy atom. The Labute approximate surface area is 210 Å². The van der Waals surface area contributed by atoms with Crippen LogP contribution in [0.1, 0.15) is 21.6 Å². The molecule has 0 bridgehead atoms. The van der Waals surface area contributed by atoms with Gasteiger partial charge >= 0.3 is 6.03 Å². The molecule has 0 aliphatic carbocycles. The Balaban J connectivity index is 1.47. The van der Waals surface area contributed by atoms with Gasteiger partial charge in [0.2, 0.25) is 11.8 Å². The van der Waals surface area contributed by atoms with Crippen LogP contribution in [0.3, 0.4) is 0 Å². The average Bonchev–Trinajstić information content (AvgIpc) is 3.45. The van der Waals surface area contributed by atoms with E-state index in [1.54, 1.807) is 35.0 Å². The highest BCUT2D eigenvalue weighted by Gasteiger charge is 2.18. The number of hydrogen-bond acceptors (Lipinski definition) is 6. The first-order valence-electron chi connectivity index (χ1n) is 11.2. The molecular formula is C26H22N8O3. The lowest BCUT2D eigenvalue weighted by molar-refractivity contribution is 0.100. The first-order valence-corrected chi connectivity index (χ1v) is 11.2. The number of fused-ring (bicyclic) bond motifs is 1. The minimum absolute atomic E-state index is 0.405. The molecule has 11 heteroatoms. The highest BCUT2D eigenvalue weighted by molar-refractivity contribution is 5.96. The molecule has 5 rings (SSSR count). The predicted octanol–water partition coefficient (Wildman–Crippen LogP) is 3.62. The Hall–Kier alpha value is -5.45. The van der Waals surface area contributed by atoms with Gasteiger partial charge in [0.25, 0.3) is 0 Å². The Kier molecular flexibility index (Phi) is 6.08. The number of hydrazone groups is 1. The van der Waals surface area contributed by atoms with Gasteiger partial charge in [-0.05, 0) is 61.5 Å². The minimum Gasteiger partial charge on any atom is -0.438 e. The molecule has 5 aromatic rings. The summed E-state index contributed by atoms with van der Waals surface area (Å²) in [6.45, 7) is 1.81. The number of benzene rings is 3. The van der Waals surface area contributed by atoms with Crippen LogP contribution < -0.4 is 21.6 Å². The van der Waals surface area contributed by atoms with Gasteiger partial charge in [-0.2, -0.15) is 14.9 Å². The minimum atomic E-state index is -0.779. The van der Waals surface area contributed by atoms with Crippen LogP contribution >= 0.6 is 0 Å². The van der Waals surface area contributed by atoms with Gasteiger partial charge in [0.05, 0.1) is 34.2 Å². The van der Waals surface area contributed by atoms with Crippen molar-refractivity contribution in [2.45, 2.75) is 6.92 Å². The molecule has 37 heavy (non-hydrogen) atoms. The highest BCUT2D eigenvalue weighted by Crippen LogP contribution is 2.31. The summed E-state index contributed by atoms with van der Waals surface area (Å²) in [6.07, 6.45) is 1.44. The number of para-hydroxylation sites is 1. The van der Waals surface area contributed by atoms with Crippen molar-refractivity contribution in [2.75, 3.05) is 0 Å². The van der Waals surface area contributed by atoms with Gasteiger partial charge < -0.3 is 21.2 Å². The summed E-state index contributed by atoms with van der Waals surface area (Å²) in [7, 11) is 0. The molecule has 0 saturated carbocycles. The summed E-state index contributed by atoms with van der Waals surface area (Å²) in [5.41, 5.74) is 17.3. The van der Waals surface area contributed by atoms with E-state index in [0.29, 0.717) is 39.8 Å². The number of nitrogens with one attached hydrogen (secondary N) is 2. The third-order valence-electron chi connectivity index (χ3n) is 5.54. The first-order chi connectivity index (χ1) is 17.9. The maximum Gasteiger partial charge on any atom is 0.332 e. The molecular weight excluding hydrogens is 472 g/mol. The molecule has 3 amide bonds. The van der Waals surface area contributed by atoms with Crippen LogP contribution in [-0.4, -0.2) is 37.9 Å². The SMILES string of the molecule is Cc1nn(-c2ccccc2)c(Oc2ccc(-c3nc4ccc(C(N)=O)cc4[nH]3)cc2)c1/C=N/NC(N)=O. The number of carbonyl (C=O) groups excluding carboxylic acids is 2. The van der Waals surface area contributed by atoms with Crippen molar-refractivity contribution in [3.8, 4) is 28.7 Å². The number of nitrogens with zero attached hydrogens (tertiary/aromatic N) is 4. The van der Waals surface area contributed by atoms with Crippen molar-refractivity contribution >= 4 is 29.2 Å². The molecule has 0 spiro atoms. The lowest BCUT2D eigenvalue weighted by Crippen LogP contribution is -2.24. The summed E-state index contributed by atoms with van der Waals surface area (Å²) in [4.78, 5) is 30.3. The van der Waals surface area contributed by atoms with E-state index >= 15 is 0 Å². The predicted molar refractivity (Wildman–Crippen MR) is 139 cm³/mol. The van der Waals surface area contributed by atoms with Crippen LogP contribution in [-0.2, 0) is 0 Å². The summed E-state index contributed by atoms with van der Waals surface area (Å²) in [5.74, 6) is 1.10. The zero-order valence-electron chi connectivity index (χ0n) is 19.7. The number of primary amides is 2. The van der Waals surface area contributed by atoms with Gasteiger partial charge in [0.1, 0.15) is 11.6 Å². The fraction of sp³-hybridized carbons (Fsp3) is 0.0385. The number of imidazole rings is 1. The van der Waals surface area contributed by atoms with Gasteiger partial charge in [-0.1, -0.05) is 18.2 Å². The highest BCUT2D eigenvalue weighted by atomic mass is 16.5. The third kappa shape index (κ3) is 4.86. The largest absolute Gasteiger partial charge is 0.438 e. The number of aromatic amines is 1. The standard InChI is InChI=1S/C26H22N8O3/c1-15-20(14-29-32-26(28)36)25(34(33-15)18-5-3-2-4-6-18)37-19-10-7-16(8-11-19)24-30-21-12-9-17(23(27)35)13-22(21)31-24/h2-14H,1H3,(H2,27,35)(H,30,31)(H3,28,32,36)/b29-14+. The molecule has 0 radical (unpaired) electrons. The number of H-pyrrole nitrogens is 1. The van der Waals surface area contributed by atoms with Crippen LogP contribution in [0.4, 0.5) is 4.79 Å². The molecule has 0 saturated heterocycles. The van der Waals surface area contributed by atoms with Crippen LogP contribution in [0.5, 0.6) is 11.6 Å². The fourth-order valence-corrected chi connectivity index (χ4v) is 3.76. The maximum atomic E-state index is 11.5. The molecule has 0 unspecified atom stereocenters. The number of carbonyl (C=O) groups is 2. The van der Waals surface area contributed by atoms with E-state index in [2.05, 4.69) is 25.6 Å². The number of urea groups is 1. The number of nitrogens with two attached hydrogens (primary N) is 2. The van der Waals surface area contributed by atoms with E-state index in [1.165, 1.54) is 6.21 Å². The lowest BCUT2D eigenvalue weighted by atomic mass is 10.2. The van der Waals surface area contributed by atoms with Crippen molar-refractivity contribution in [1.29, 1.82) is 0 Å². The van der Waals surface area contributed by atoms with Crippen molar-refractivity contribution in [2.24, 2.45) is 16.6 Å². The van der Waals surface area contributed by atoms with Gasteiger partial charge in [-0.25, -0.2) is 15.2 Å². The fourth-order valence-electron chi connectivity index (χ4n) is 3.76. The normalized spacial score (nSPS) is 11.2. The Bertz CT molecular complexity index is 1640. The van der Waals surface area contributed by atoms with E-state index in [4.69, 9.17) is 16.2 Å². The quantitative estimate of drug-likeness (QED) is 0.200. The van der Waals surface area contributed by atoms with Gasteiger partial charge in [-0.3, -0.25) is 4.79 Å². The molecule has 0 fully saturated rings. The zero-order valence-corrected chi connectivity index (χ0v) is 19.7. The molecule has 0 aliphatic rings. The number of aryl methyl sites for hydroxylation is 1. The molecule has 184 valence electrons. The topological polar surface area (TPSA) is 166 Å². The smallest absolute Gasteiger partial charge is 0.332 e. The number of amides is 3. The summed E-state index contributed by atoms with van der Waals surface area (Å²) in [6, 6.07) is 21.1. The van der Waals surface area contributed by atoms with E-state index in [9.17, 15) is 9.59 Å². The monoisotopic (exact) mass is 494 g/mol. The summed E-state index contributed by atoms with van der Waals surface area (Å²) >= 11 is 0. The van der Waals surface area contributed by atoms with E-state index < -0.39 is 11.9 Å². The van der Waals surface area contributed by atoms with Crippen molar-refractivity contribution in [3.63, 3.8) is 0 Å². The molecule has 0 atom stereocenters. The maximum absolute atomic E-state index is 11.5. The summed E-state index contributed by atoms with van der Waals surface area (Å²) < 4.78 is 7.91. The second kappa shape index (κ2) is 9.66. The van der Waals surface area contributed by atoms with Crippen LogP contribution in [0.15, 0.2) is 77.9 Å². The van der Waals surface area contributed by atoms with E-state index in [-0.39, 0.29) is 0 Å². The van der Waals surface area contributed by atoms with Crippen LogP contribution in [0.25, 0.3) is 28.1 Å². The number of rotatable bonds is 7. The number of aromatic nitrogens is 4. The van der Waals surface area contributed by atoms with Crippen LogP contribution in [0.2, 0.25) is 0 Å². The molecule has 0 aliphatic heterocycles. The first kappa shape index (κ1) is 23.3. The summed E-state index contributed by atoms with van der Waals surface area (Å²) in [5, 5.41) is 8.47. The van der Waals surface area contributed by atoms with Gasteiger partial charge in [0, 0.05) is 11.1 Å². The molecule has 3 aromatic carbocycles. The number of hydrogen-bond donors (Lipinski definition) is 4. The molecule has 6 N–H and O–H groups in total. The second-order valence-corrected chi connectivity index (χ2v) is 8.09. The van der Waals surface area contributed by atoms with Gasteiger partial charge in [-0.15, -0.1) is 0 Å². The second-order valence-electron chi connectivity index (χ2n) is 8.09. The van der Waals surface area contributed by atoms with E-state index in [0.717, 1.165) is 16.8 Å². The average molecular weight is 495 g/mol. The van der Waals surface area contributed by atoms with Crippen molar-refractivity contribution < 1.29 is 14.3 Å². The Morgan fingerprint density at radius 3 is 2.51 bits per heavy atom. The van der Waals surface area contributed by atoms with E-state index in [1.807, 2.05) is 49.4 Å². The zero-order chi connectivity index (χ0) is 25.9. The van der Waals surface area contributed by atoms with Crippen molar-refractivity contribution in [3.05, 3.63) is 89.6 Å². The third-order valence-corrected chi connectivity index (χ3v) is 5.54. The van der Waals surface area contributed by atoms with Gasteiger partial charge in [0.15, 0.2) is 0 Å². The molecule has 2 heterocycles. The Morgan fingerprint density at radius 2 is 1.81 bits per heavy atom. The van der Waals surface area contributed by atoms with Crippen molar-refractivity contribution in [1.82, 2.24) is 25.2 Å².